The lowest BCUT2D eigenvalue weighted by Gasteiger charge is -2.19. The second-order valence-electron chi connectivity index (χ2n) is 6.79. The number of aldehydes is 2. The Morgan fingerprint density at radius 3 is 2.10 bits per heavy atom. The third kappa shape index (κ3) is 5.32. The van der Waals surface area contributed by atoms with Gasteiger partial charge in [0.25, 0.3) is 0 Å². The SMILES string of the molecule is CCCCOc1cc(OC)cc(C=O)c1-c1ccc(OC)c(OCCCC)c1C=O. The monoisotopic (exact) mass is 414 g/mol. The summed E-state index contributed by atoms with van der Waals surface area (Å²) in [5.74, 6) is 1.82. The number of rotatable bonds is 13. The Balaban J connectivity index is 2.70. The van der Waals surface area contributed by atoms with E-state index in [0.717, 1.165) is 38.3 Å². The molecule has 0 aliphatic carbocycles. The molecular weight excluding hydrogens is 384 g/mol. The highest BCUT2D eigenvalue weighted by molar-refractivity contribution is 5.99. The van der Waals surface area contributed by atoms with Gasteiger partial charge in [0.2, 0.25) is 0 Å². The van der Waals surface area contributed by atoms with E-state index in [1.165, 1.54) is 14.2 Å². The van der Waals surface area contributed by atoms with Crippen molar-refractivity contribution in [3.63, 3.8) is 0 Å². The normalized spacial score (nSPS) is 10.4. The summed E-state index contributed by atoms with van der Waals surface area (Å²) in [5, 5.41) is 0. The maximum absolute atomic E-state index is 12.1. The van der Waals surface area contributed by atoms with Crippen molar-refractivity contribution in [1.82, 2.24) is 0 Å². The summed E-state index contributed by atoms with van der Waals surface area (Å²) in [4.78, 5) is 24.0. The van der Waals surface area contributed by atoms with Gasteiger partial charge >= 0.3 is 0 Å². The number of methoxy groups -OCH3 is 2. The van der Waals surface area contributed by atoms with Gasteiger partial charge in [0.05, 0.1) is 33.0 Å². The average Bonchev–Trinajstić information content (AvgIpc) is 2.78. The standard InChI is InChI=1S/C24H30O6/c1-5-7-11-29-22-14-18(27-3)13-17(15-25)23(22)19-9-10-21(28-4)24(20(19)16-26)30-12-8-6-2/h9-10,13-16H,5-8,11-12H2,1-4H3. The summed E-state index contributed by atoms with van der Waals surface area (Å²) in [5.41, 5.74) is 1.77. The van der Waals surface area contributed by atoms with Gasteiger partial charge in [-0.05, 0) is 31.0 Å². The second-order valence-corrected chi connectivity index (χ2v) is 6.79. The van der Waals surface area contributed by atoms with Crippen molar-refractivity contribution in [2.75, 3.05) is 27.4 Å². The minimum atomic E-state index is 0.319. The largest absolute Gasteiger partial charge is 0.497 e. The van der Waals surface area contributed by atoms with Crippen LogP contribution in [0, 0.1) is 0 Å². The van der Waals surface area contributed by atoms with Crippen molar-refractivity contribution >= 4 is 12.6 Å². The van der Waals surface area contributed by atoms with Gasteiger partial charge in [0.1, 0.15) is 11.5 Å². The highest BCUT2D eigenvalue weighted by Crippen LogP contribution is 2.43. The van der Waals surface area contributed by atoms with E-state index in [0.29, 0.717) is 58.5 Å². The number of hydrogen-bond acceptors (Lipinski definition) is 6. The average molecular weight is 414 g/mol. The first kappa shape index (κ1) is 23.3. The molecule has 162 valence electrons. The lowest BCUT2D eigenvalue weighted by molar-refractivity contribution is 0.111. The van der Waals surface area contributed by atoms with Crippen molar-refractivity contribution in [2.45, 2.75) is 39.5 Å². The van der Waals surface area contributed by atoms with Crippen LogP contribution >= 0.6 is 0 Å². The van der Waals surface area contributed by atoms with E-state index < -0.39 is 0 Å². The Morgan fingerprint density at radius 2 is 1.53 bits per heavy atom. The van der Waals surface area contributed by atoms with Crippen LogP contribution in [0.5, 0.6) is 23.0 Å². The Labute approximate surface area is 178 Å². The number of hydrogen-bond donors (Lipinski definition) is 0. The zero-order valence-electron chi connectivity index (χ0n) is 18.2. The summed E-state index contributed by atoms with van der Waals surface area (Å²) in [6, 6.07) is 6.84. The van der Waals surface area contributed by atoms with Crippen LogP contribution in [0.15, 0.2) is 24.3 Å². The van der Waals surface area contributed by atoms with E-state index >= 15 is 0 Å². The van der Waals surface area contributed by atoms with Crippen LogP contribution in [0.3, 0.4) is 0 Å². The fraction of sp³-hybridized carbons (Fsp3) is 0.417. The van der Waals surface area contributed by atoms with Crippen LogP contribution in [-0.4, -0.2) is 40.0 Å². The Hall–Kier alpha value is -3.02. The van der Waals surface area contributed by atoms with E-state index in [9.17, 15) is 9.59 Å². The molecule has 0 atom stereocenters. The quantitative estimate of drug-likeness (QED) is 0.325. The van der Waals surface area contributed by atoms with Gasteiger partial charge in [-0.2, -0.15) is 0 Å². The van der Waals surface area contributed by atoms with Crippen molar-refractivity contribution in [3.05, 3.63) is 35.4 Å². The molecule has 0 radical (unpaired) electrons. The highest BCUT2D eigenvalue weighted by Gasteiger charge is 2.22. The second kappa shape index (κ2) is 11.9. The minimum Gasteiger partial charge on any atom is -0.497 e. The molecule has 6 heteroatoms. The summed E-state index contributed by atoms with van der Waals surface area (Å²) in [7, 11) is 3.06. The summed E-state index contributed by atoms with van der Waals surface area (Å²) in [6.45, 7) is 5.08. The molecule has 0 unspecified atom stereocenters. The summed E-state index contributed by atoms with van der Waals surface area (Å²) in [6.07, 6.45) is 5.11. The zero-order valence-corrected chi connectivity index (χ0v) is 18.2. The van der Waals surface area contributed by atoms with Gasteiger partial charge in [-0.15, -0.1) is 0 Å². The van der Waals surface area contributed by atoms with Crippen molar-refractivity contribution in [3.8, 4) is 34.1 Å². The van der Waals surface area contributed by atoms with Crippen LogP contribution in [0.1, 0.15) is 60.2 Å². The Bertz CT molecular complexity index is 859. The van der Waals surface area contributed by atoms with Gasteiger partial charge in [0.15, 0.2) is 24.1 Å². The molecule has 0 bridgehead atoms. The molecule has 0 N–H and O–H groups in total. The smallest absolute Gasteiger partial charge is 0.172 e. The molecule has 2 aromatic rings. The molecular formula is C24H30O6. The molecule has 2 aromatic carbocycles. The number of carbonyl (C=O) groups is 2. The van der Waals surface area contributed by atoms with Crippen LogP contribution < -0.4 is 18.9 Å². The molecule has 0 aromatic heterocycles. The summed E-state index contributed by atoms with van der Waals surface area (Å²) < 4.78 is 22.6. The Morgan fingerprint density at radius 1 is 0.833 bits per heavy atom. The van der Waals surface area contributed by atoms with E-state index in [1.54, 1.807) is 24.3 Å². The molecule has 30 heavy (non-hydrogen) atoms. The molecule has 2 rings (SSSR count). The molecule has 0 aliphatic heterocycles. The number of benzene rings is 2. The van der Waals surface area contributed by atoms with E-state index in [-0.39, 0.29) is 0 Å². The van der Waals surface area contributed by atoms with Crippen LogP contribution in [0.4, 0.5) is 0 Å². The fourth-order valence-corrected chi connectivity index (χ4v) is 3.09. The lowest BCUT2D eigenvalue weighted by Crippen LogP contribution is -2.06. The van der Waals surface area contributed by atoms with E-state index in [4.69, 9.17) is 18.9 Å². The van der Waals surface area contributed by atoms with E-state index in [1.807, 2.05) is 0 Å². The third-order valence-corrected chi connectivity index (χ3v) is 4.74. The predicted molar refractivity (Wildman–Crippen MR) is 117 cm³/mol. The van der Waals surface area contributed by atoms with Gasteiger partial charge in [-0.25, -0.2) is 0 Å². The van der Waals surface area contributed by atoms with Crippen molar-refractivity contribution < 1.29 is 28.5 Å². The van der Waals surface area contributed by atoms with Gasteiger partial charge in [-0.3, -0.25) is 9.59 Å². The number of carbonyl (C=O) groups excluding carboxylic acids is 2. The molecule has 0 fully saturated rings. The van der Waals surface area contributed by atoms with Gasteiger partial charge < -0.3 is 18.9 Å². The molecule has 0 spiro atoms. The van der Waals surface area contributed by atoms with Crippen LogP contribution in [-0.2, 0) is 0 Å². The Kier molecular flexibility index (Phi) is 9.19. The number of unbranched alkanes of at least 4 members (excludes halogenated alkanes) is 2. The highest BCUT2D eigenvalue weighted by atomic mass is 16.5. The van der Waals surface area contributed by atoms with Gasteiger partial charge in [-0.1, -0.05) is 26.7 Å². The molecule has 0 aliphatic rings. The molecule has 0 amide bonds. The van der Waals surface area contributed by atoms with E-state index in [2.05, 4.69) is 13.8 Å². The molecule has 0 saturated carbocycles. The maximum atomic E-state index is 12.1. The van der Waals surface area contributed by atoms with Crippen molar-refractivity contribution in [1.29, 1.82) is 0 Å². The first-order valence-electron chi connectivity index (χ1n) is 10.2. The molecule has 0 saturated heterocycles. The molecule has 0 heterocycles. The molecule has 6 nitrogen and oxygen atoms in total. The first-order chi connectivity index (χ1) is 14.6. The summed E-state index contributed by atoms with van der Waals surface area (Å²) >= 11 is 0. The fourth-order valence-electron chi connectivity index (χ4n) is 3.09. The zero-order chi connectivity index (χ0) is 21.9. The topological polar surface area (TPSA) is 71.1 Å². The predicted octanol–water partition coefficient (Wildman–Crippen LogP) is 5.35. The lowest BCUT2D eigenvalue weighted by atomic mass is 9.94. The minimum absolute atomic E-state index is 0.319. The third-order valence-electron chi connectivity index (χ3n) is 4.74. The maximum Gasteiger partial charge on any atom is 0.172 e. The van der Waals surface area contributed by atoms with Crippen molar-refractivity contribution in [2.24, 2.45) is 0 Å². The number of ether oxygens (including phenoxy) is 4. The first-order valence-corrected chi connectivity index (χ1v) is 10.2. The van der Waals surface area contributed by atoms with Crippen LogP contribution in [0.2, 0.25) is 0 Å². The van der Waals surface area contributed by atoms with Gasteiger partial charge in [0, 0.05) is 22.8 Å². The van der Waals surface area contributed by atoms with Crippen LogP contribution in [0.25, 0.3) is 11.1 Å².